The van der Waals surface area contributed by atoms with Gasteiger partial charge in [0, 0.05) is 8.27 Å². The minimum Gasteiger partial charge on any atom is -0.198 e. The molecular weight excluding hydrogens is 373 g/mol. The van der Waals surface area contributed by atoms with Gasteiger partial charge in [0.2, 0.25) is 0 Å². The molecule has 4 heteroatoms. The smallest absolute Gasteiger partial charge is 0.0711 e. The van der Waals surface area contributed by atoms with Gasteiger partial charge in [0.1, 0.15) is 0 Å². The Bertz CT molecular complexity index is 527. The molecule has 0 N–H and O–H groups in total. The fourth-order valence-corrected chi connectivity index (χ4v) is 3.84. The van der Waals surface area contributed by atoms with E-state index >= 15 is 0 Å². The minimum atomic E-state index is 0.489. The number of rotatable bonds is 1. The molecule has 0 atom stereocenters. The van der Waals surface area contributed by atoms with Crippen LogP contribution in [0.25, 0.3) is 10.1 Å². The molecule has 14 heavy (non-hydrogen) atoms. The molecule has 0 aliphatic rings. The highest BCUT2D eigenvalue weighted by atomic mass is 127. The van der Waals surface area contributed by atoms with Crippen molar-refractivity contribution in [3.8, 4) is 6.07 Å². The van der Waals surface area contributed by atoms with Crippen LogP contribution in [-0.4, -0.2) is 0 Å². The van der Waals surface area contributed by atoms with Gasteiger partial charge in [-0.2, -0.15) is 5.26 Å². The molecule has 0 saturated carbocycles. The van der Waals surface area contributed by atoms with E-state index in [0.29, 0.717) is 6.42 Å². The van der Waals surface area contributed by atoms with Crippen LogP contribution < -0.4 is 0 Å². The lowest BCUT2D eigenvalue weighted by atomic mass is 10.1. The minimum absolute atomic E-state index is 0.489. The van der Waals surface area contributed by atoms with Crippen LogP contribution in [0.15, 0.2) is 22.0 Å². The Morgan fingerprint density at radius 3 is 3.00 bits per heavy atom. The molecule has 0 fully saturated rings. The Balaban J connectivity index is 2.76. The number of hydrogen-bond donors (Lipinski definition) is 0. The maximum Gasteiger partial charge on any atom is 0.0711 e. The molecule has 1 aromatic carbocycles. The number of halogens is 2. The summed E-state index contributed by atoms with van der Waals surface area (Å²) in [7, 11) is 0. The van der Waals surface area contributed by atoms with Gasteiger partial charge in [-0.25, -0.2) is 0 Å². The average Bonchev–Trinajstić information content (AvgIpc) is 2.51. The van der Waals surface area contributed by atoms with Crippen LogP contribution in [0.3, 0.4) is 0 Å². The molecule has 0 aliphatic carbocycles. The van der Waals surface area contributed by atoms with E-state index in [1.165, 1.54) is 13.7 Å². The van der Waals surface area contributed by atoms with Crippen molar-refractivity contribution >= 4 is 59.9 Å². The van der Waals surface area contributed by atoms with Gasteiger partial charge in [0.05, 0.1) is 16.3 Å². The molecule has 0 bridgehead atoms. The van der Waals surface area contributed by atoms with E-state index in [4.69, 9.17) is 5.26 Å². The summed E-state index contributed by atoms with van der Waals surface area (Å²) in [6, 6.07) is 8.47. The summed E-state index contributed by atoms with van der Waals surface area (Å²) < 4.78 is 3.52. The van der Waals surface area contributed by atoms with Crippen LogP contribution >= 0.6 is 49.9 Å². The second-order valence-corrected chi connectivity index (χ2v) is 6.42. The molecule has 0 spiro atoms. The Labute approximate surface area is 108 Å². The second kappa shape index (κ2) is 4.17. The molecule has 70 valence electrons. The Hall–Kier alpha value is -0.120. The number of benzene rings is 1. The molecule has 1 nitrogen and oxygen atoms in total. The zero-order chi connectivity index (χ0) is 10.1. The quantitative estimate of drug-likeness (QED) is 0.678. The maximum absolute atomic E-state index is 8.75. The average molecular weight is 378 g/mol. The summed E-state index contributed by atoms with van der Waals surface area (Å²) in [5, 5.41) is 9.97. The summed E-state index contributed by atoms with van der Waals surface area (Å²) in [4.78, 5) is 0. The fraction of sp³-hybridized carbons (Fsp3) is 0.100. The Morgan fingerprint density at radius 1 is 1.50 bits per heavy atom. The van der Waals surface area contributed by atoms with E-state index < -0.39 is 0 Å². The molecular formula is C10H5BrINS. The molecule has 1 aromatic heterocycles. The predicted molar refractivity (Wildman–Crippen MR) is 71.6 cm³/mol. The first-order valence-electron chi connectivity index (χ1n) is 3.95. The normalized spacial score (nSPS) is 10.4. The van der Waals surface area contributed by atoms with Gasteiger partial charge in [-0.15, -0.1) is 11.3 Å². The lowest BCUT2D eigenvalue weighted by Crippen LogP contribution is -1.86. The topological polar surface area (TPSA) is 23.8 Å². The fourth-order valence-electron chi connectivity index (χ4n) is 1.35. The van der Waals surface area contributed by atoms with E-state index in [2.05, 4.69) is 62.8 Å². The lowest BCUT2D eigenvalue weighted by Gasteiger charge is -2.00. The second-order valence-electron chi connectivity index (χ2n) is 2.83. The molecule has 0 radical (unpaired) electrons. The van der Waals surface area contributed by atoms with Gasteiger partial charge in [-0.05, 0) is 61.6 Å². The van der Waals surface area contributed by atoms with Crippen molar-refractivity contribution in [3.63, 3.8) is 0 Å². The van der Waals surface area contributed by atoms with E-state index in [1.54, 1.807) is 11.3 Å². The molecule has 2 aromatic rings. The molecule has 0 unspecified atom stereocenters. The monoisotopic (exact) mass is 377 g/mol. The first-order valence-corrected chi connectivity index (χ1v) is 6.64. The molecule has 2 rings (SSSR count). The highest BCUT2D eigenvalue weighted by Gasteiger charge is 2.08. The van der Waals surface area contributed by atoms with E-state index in [1.807, 2.05) is 0 Å². The van der Waals surface area contributed by atoms with Crippen LogP contribution in [0.5, 0.6) is 0 Å². The number of nitriles is 1. The molecule has 0 aliphatic heterocycles. The Morgan fingerprint density at radius 2 is 2.29 bits per heavy atom. The predicted octanol–water partition coefficient (Wildman–Crippen LogP) is 4.33. The third-order valence-corrected chi connectivity index (χ3v) is 4.68. The first-order chi connectivity index (χ1) is 6.72. The van der Waals surface area contributed by atoms with Crippen molar-refractivity contribution in [1.82, 2.24) is 0 Å². The van der Waals surface area contributed by atoms with Gasteiger partial charge in [0.15, 0.2) is 0 Å². The van der Waals surface area contributed by atoms with E-state index in [0.717, 1.165) is 9.35 Å². The SMILES string of the molecule is N#CCc1c(I)ccc2cc(Br)sc12. The summed E-state index contributed by atoms with van der Waals surface area (Å²) in [6.45, 7) is 0. The third-order valence-electron chi connectivity index (χ3n) is 1.96. The van der Waals surface area contributed by atoms with Gasteiger partial charge in [-0.1, -0.05) is 6.07 Å². The van der Waals surface area contributed by atoms with Crippen molar-refractivity contribution in [2.24, 2.45) is 0 Å². The summed E-state index contributed by atoms with van der Waals surface area (Å²) in [6.07, 6.45) is 0.489. The zero-order valence-corrected chi connectivity index (χ0v) is 11.6. The van der Waals surface area contributed by atoms with Gasteiger partial charge in [-0.3, -0.25) is 0 Å². The van der Waals surface area contributed by atoms with Gasteiger partial charge >= 0.3 is 0 Å². The molecule has 0 amide bonds. The number of thiophene rings is 1. The largest absolute Gasteiger partial charge is 0.198 e. The molecule has 0 saturated heterocycles. The first kappa shape index (κ1) is 10.4. The molecule has 1 heterocycles. The summed E-state index contributed by atoms with van der Waals surface area (Å²) in [5.74, 6) is 0. The summed E-state index contributed by atoms with van der Waals surface area (Å²) in [5.41, 5.74) is 1.15. The van der Waals surface area contributed by atoms with E-state index in [9.17, 15) is 0 Å². The lowest BCUT2D eigenvalue weighted by molar-refractivity contribution is 1.28. The number of hydrogen-bond acceptors (Lipinski definition) is 2. The van der Waals surface area contributed by atoms with Crippen molar-refractivity contribution < 1.29 is 0 Å². The van der Waals surface area contributed by atoms with Crippen LogP contribution in [0.1, 0.15) is 5.56 Å². The third kappa shape index (κ3) is 1.81. The highest BCUT2D eigenvalue weighted by Crippen LogP contribution is 2.34. The Kier molecular flexibility index (Phi) is 3.10. The van der Waals surface area contributed by atoms with Crippen molar-refractivity contribution in [3.05, 3.63) is 31.1 Å². The van der Waals surface area contributed by atoms with Crippen LogP contribution in [0.2, 0.25) is 0 Å². The van der Waals surface area contributed by atoms with Crippen LogP contribution in [0, 0.1) is 14.9 Å². The van der Waals surface area contributed by atoms with E-state index in [-0.39, 0.29) is 0 Å². The maximum atomic E-state index is 8.75. The standard InChI is InChI=1S/C10H5BrINS/c11-9-5-6-1-2-8(12)7(3-4-13)10(6)14-9/h1-2,5H,3H2. The van der Waals surface area contributed by atoms with Gasteiger partial charge in [0.25, 0.3) is 0 Å². The highest BCUT2D eigenvalue weighted by molar-refractivity contribution is 14.1. The van der Waals surface area contributed by atoms with Gasteiger partial charge < -0.3 is 0 Å². The van der Waals surface area contributed by atoms with Crippen molar-refractivity contribution in [1.29, 1.82) is 5.26 Å². The zero-order valence-electron chi connectivity index (χ0n) is 7.05. The summed E-state index contributed by atoms with van der Waals surface area (Å²) >= 11 is 7.44. The van der Waals surface area contributed by atoms with Crippen molar-refractivity contribution in [2.45, 2.75) is 6.42 Å². The van der Waals surface area contributed by atoms with Crippen LogP contribution in [-0.2, 0) is 6.42 Å². The number of nitrogens with zero attached hydrogens (tertiary/aromatic N) is 1. The van der Waals surface area contributed by atoms with Crippen LogP contribution in [0.4, 0.5) is 0 Å². The van der Waals surface area contributed by atoms with Crippen molar-refractivity contribution in [2.75, 3.05) is 0 Å². The number of fused-ring (bicyclic) bond motifs is 1.